The van der Waals surface area contributed by atoms with E-state index in [0.29, 0.717) is 43.5 Å². The first kappa shape index (κ1) is 56.9. The van der Waals surface area contributed by atoms with Crippen LogP contribution >= 0.6 is 0 Å². The van der Waals surface area contributed by atoms with Crippen molar-refractivity contribution in [2.75, 3.05) is 13.2 Å². The number of halogens is 7. The smallest absolute Gasteiger partial charge is 0.419 e. The van der Waals surface area contributed by atoms with Gasteiger partial charge in [0, 0.05) is 34.9 Å². The summed E-state index contributed by atoms with van der Waals surface area (Å²) in [6.07, 6.45) is -9.13. The quantitative estimate of drug-likeness (QED) is 0.0821. The van der Waals surface area contributed by atoms with Crippen molar-refractivity contribution in [3.63, 3.8) is 0 Å². The fourth-order valence-electron chi connectivity index (χ4n) is 7.14. The van der Waals surface area contributed by atoms with Crippen LogP contribution < -0.4 is 15.2 Å². The van der Waals surface area contributed by atoms with Crippen LogP contribution in [0.25, 0.3) is 45.7 Å². The summed E-state index contributed by atoms with van der Waals surface area (Å²) in [4.78, 5) is 8.40. The molecule has 0 radical (unpaired) electrons. The monoisotopic (exact) mass is 1040 g/mol. The Morgan fingerprint density at radius 2 is 0.893 bits per heavy atom. The molecule has 0 saturated carbocycles. The van der Waals surface area contributed by atoms with E-state index >= 15 is 0 Å². The molecule has 0 spiro atoms. The summed E-state index contributed by atoms with van der Waals surface area (Å²) >= 11 is 0. The van der Waals surface area contributed by atoms with Gasteiger partial charge in [-0.1, -0.05) is 90.0 Å². The topological polar surface area (TPSA) is 141 Å². The number of ether oxygens (including phenoxy) is 4. The summed E-state index contributed by atoms with van der Waals surface area (Å²) in [5.74, 6) is -0.216. The summed E-state index contributed by atoms with van der Waals surface area (Å²) in [6.45, 7) is 13.2. The van der Waals surface area contributed by atoms with Crippen molar-refractivity contribution in [3.05, 3.63) is 179 Å². The first-order chi connectivity index (χ1) is 35.7. The molecule has 0 saturated heterocycles. The van der Waals surface area contributed by atoms with Gasteiger partial charge in [0.25, 0.3) is 11.8 Å². The third kappa shape index (κ3) is 17.9. The van der Waals surface area contributed by atoms with Crippen molar-refractivity contribution >= 4 is 0 Å². The maximum atomic E-state index is 13.6. The van der Waals surface area contributed by atoms with Crippen LogP contribution in [0.1, 0.15) is 69.4 Å². The zero-order valence-electron chi connectivity index (χ0n) is 42.2. The van der Waals surface area contributed by atoms with Crippen LogP contribution in [0, 0.1) is 11.7 Å². The predicted molar refractivity (Wildman–Crippen MR) is 271 cm³/mol. The molecule has 0 aliphatic heterocycles. The van der Waals surface area contributed by atoms with Crippen molar-refractivity contribution < 1.29 is 58.7 Å². The van der Waals surface area contributed by atoms with E-state index in [1.54, 1.807) is 27.7 Å². The van der Waals surface area contributed by atoms with Gasteiger partial charge in [-0.3, -0.25) is 0 Å². The molecule has 18 heteroatoms. The van der Waals surface area contributed by atoms with Gasteiger partial charge in [-0.25, -0.2) is 4.39 Å². The van der Waals surface area contributed by atoms with E-state index in [4.69, 9.17) is 33.7 Å². The van der Waals surface area contributed by atoms with E-state index < -0.39 is 41.5 Å². The van der Waals surface area contributed by atoms with Crippen LogP contribution in [0.5, 0.6) is 11.5 Å². The molecule has 396 valence electrons. The minimum Gasteiger partial charge on any atom is -0.490 e. The van der Waals surface area contributed by atoms with Gasteiger partial charge in [-0.2, -0.15) is 36.3 Å². The second kappa shape index (κ2) is 26.7. The highest BCUT2D eigenvalue weighted by atomic mass is 19.4. The van der Waals surface area contributed by atoms with Crippen molar-refractivity contribution in [1.29, 1.82) is 0 Å². The normalized spacial score (nSPS) is 12.4. The largest absolute Gasteiger partial charge is 0.490 e. The first-order valence-electron chi connectivity index (χ1n) is 24.0. The van der Waals surface area contributed by atoms with Crippen LogP contribution in [-0.2, 0) is 41.5 Å². The van der Waals surface area contributed by atoms with Crippen LogP contribution in [0.4, 0.5) is 30.7 Å². The molecule has 0 amide bonds. The maximum absolute atomic E-state index is 13.6. The van der Waals surface area contributed by atoms with Gasteiger partial charge in [-0.15, -0.1) is 0 Å². The third-order valence-corrected chi connectivity index (χ3v) is 10.5. The zero-order chi connectivity index (χ0) is 54.1. The van der Waals surface area contributed by atoms with E-state index in [0.717, 1.165) is 29.7 Å². The molecule has 6 aromatic carbocycles. The number of aromatic nitrogens is 4. The van der Waals surface area contributed by atoms with Crippen molar-refractivity contribution in [2.24, 2.45) is 11.7 Å². The van der Waals surface area contributed by atoms with Gasteiger partial charge < -0.3 is 33.7 Å². The fraction of sp³-hybridized carbons (Fsp3) is 0.298. The lowest BCUT2D eigenvalue weighted by molar-refractivity contribution is -0.140. The fourth-order valence-corrected chi connectivity index (χ4v) is 7.14. The number of benzene rings is 6. The van der Waals surface area contributed by atoms with Gasteiger partial charge >= 0.3 is 12.4 Å². The van der Waals surface area contributed by atoms with Gasteiger partial charge in [0.15, 0.2) is 0 Å². The van der Waals surface area contributed by atoms with Gasteiger partial charge in [-0.05, 0) is 136 Å². The van der Waals surface area contributed by atoms with Crippen molar-refractivity contribution in [3.8, 4) is 57.2 Å². The predicted octanol–water partition coefficient (Wildman–Crippen LogP) is 14.5. The number of hydrogen-bond acceptors (Lipinski definition) is 11. The molecule has 8 aromatic rings. The van der Waals surface area contributed by atoms with Gasteiger partial charge in [0.1, 0.15) is 17.3 Å². The average molecular weight is 1040 g/mol. The van der Waals surface area contributed by atoms with E-state index in [-0.39, 0.29) is 52.1 Å². The first-order valence-corrected chi connectivity index (χ1v) is 24.0. The highest BCUT2D eigenvalue weighted by Crippen LogP contribution is 2.40. The highest BCUT2D eigenvalue weighted by molar-refractivity contribution is 5.64. The minimum absolute atomic E-state index is 0.00841. The molecule has 2 N–H and O–H groups in total. The molecule has 8 rings (SSSR count). The number of nitrogens with zero attached hydrogens (tertiary/aromatic N) is 4. The minimum atomic E-state index is -4.59. The van der Waals surface area contributed by atoms with Crippen LogP contribution in [0.3, 0.4) is 0 Å². The van der Waals surface area contributed by atoms with Crippen LogP contribution in [0.15, 0.2) is 155 Å². The number of alkyl halides is 6. The van der Waals surface area contributed by atoms with E-state index in [9.17, 15) is 30.7 Å². The Hall–Kier alpha value is -7.41. The molecule has 0 bridgehead atoms. The number of hydrogen-bond donors (Lipinski definition) is 1. The Morgan fingerprint density at radius 3 is 1.29 bits per heavy atom. The molecule has 0 aliphatic carbocycles. The van der Waals surface area contributed by atoms with Gasteiger partial charge in [0.2, 0.25) is 11.6 Å². The summed E-state index contributed by atoms with van der Waals surface area (Å²) in [5, 5.41) is 7.61. The SMILES string of the molecule is CC(C)Oc1ccc(-c2noc(-c3ccc(F)cc3)n2)cc1C(F)(F)F.CC(COCc1ccccc1)Cc1ccc(-c2nc(-c3ccc(OC(C)C)c(C(F)(F)F)c3)no2)cc1.CC(N)COCc1ccccc1. The average Bonchev–Trinajstić information content (AvgIpc) is 4.07. The summed E-state index contributed by atoms with van der Waals surface area (Å²) in [5.41, 5.74) is 8.68. The Bertz CT molecular complexity index is 2960. The maximum Gasteiger partial charge on any atom is 0.419 e. The molecule has 2 heterocycles. The third-order valence-electron chi connectivity index (χ3n) is 10.5. The zero-order valence-corrected chi connectivity index (χ0v) is 42.2. The van der Waals surface area contributed by atoms with E-state index in [2.05, 4.69) is 27.2 Å². The molecule has 75 heavy (non-hydrogen) atoms. The number of rotatable bonds is 18. The Balaban J connectivity index is 0.000000207. The second-order valence-electron chi connectivity index (χ2n) is 18.1. The van der Waals surface area contributed by atoms with Crippen LogP contribution in [-0.4, -0.2) is 51.7 Å². The highest BCUT2D eigenvalue weighted by Gasteiger charge is 2.36. The summed E-state index contributed by atoms with van der Waals surface area (Å²) < 4.78 is 126. The van der Waals surface area contributed by atoms with Gasteiger partial charge in [0.05, 0.1) is 43.2 Å². The van der Waals surface area contributed by atoms with Crippen molar-refractivity contribution in [2.45, 2.75) is 91.8 Å². The molecular formula is C57H58F7N5O6. The Labute approximate surface area is 430 Å². The summed E-state index contributed by atoms with van der Waals surface area (Å²) in [7, 11) is 0. The molecule has 0 aliphatic rings. The molecule has 2 unspecified atom stereocenters. The van der Waals surface area contributed by atoms with Crippen molar-refractivity contribution in [1.82, 2.24) is 20.3 Å². The van der Waals surface area contributed by atoms with E-state index in [1.807, 2.05) is 91.9 Å². The molecule has 2 atom stereocenters. The molecule has 0 fully saturated rings. The lowest BCUT2D eigenvalue weighted by atomic mass is 10.0. The molecule has 11 nitrogen and oxygen atoms in total. The summed E-state index contributed by atoms with van der Waals surface area (Å²) in [6, 6.07) is 40.6. The standard InChI is InChI=1S/C29H29F3N2O3.C18H14F4N2O2.C10H15NO/c1-19(2)36-26-14-13-24(16-25(26)29(30,31)32)27-33-28(37-34-27)23-11-9-21(10-12-23)15-20(3)17-35-18-22-7-5-4-6-8-22;1-10(2)25-15-8-5-12(9-14(15)18(20,21)22)16-23-17(26-24-16)11-3-6-13(19)7-4-11;1-9(11)7-12-8-10-5-3-2-4-6-10/h4-14,16,19-20H,15,17-18H2,1-3H3;3-10H,1-2H3;2-6,9H,7-8,11H2,1H3. The molecule has 2 aromatic heterocycles. The second-order valence-corrected chi connectivity index (χ2v) is 18.1. The molecular weight excluding hydrogens is 984 g/mol. The lowest BCUT2D eigenvalue weighted by Crippen LogP contribution is -2.21. The van der Waals surface area contributed by atoms with Crippen LogP contribution in [0.2, 0.25) is 0 Å². The van der Waals surface area contributed by atoms with E-state index in [1.165, 1.54) is 54.1 Å². The number of nitrogens with two attached hydrogens (primary N) is 1. The lowest BCUT2D eigenvalue weighted by Gasteiger charge is -2.16. The Kier molecular flexibility index (Phi) is 20.2. The Morgan fingerprint density at radius 1 is 0.493 bits per heavy atom.